The number of carbonyl (C=O) groups is 2. The number of nitrogens with one attached hydrogen (secondary N) is 2. The standard InChI is InChI=1S/C30H32Cl2N4O3/c1-21-7-9-22(10-8-21)19-35(14-13-23-18-33-28-6-4-3-5-25(23)28)29(37)20-36(15-16-39-2)30(38)34-24-11-12-26(31)27(32)17-24/h3-12,17-18,33H,13-16,19-20H2,1-2H3,(H,34,38). The molecule has 3 aromatic carbocycles. The molecule has 9 heteroatoms. The van der Waals surface area contributed by atoms with Gasteiger partial charge in [-0.1, -0.05) is 71.2 Å². The van der Waals surface area contributed by atoms with Crippen molar-refractivity contribution in [3.63, 3.8) is 0 Å². The average Bonchev–Trinajstić information content (AvgIpc) is 3.35. The number of rotatable bonds is 11. The van der Waals surface area contributed by atoms with Crippen LogP contribution in [-0.4, -0.2) is 60.1 Å². The summed E-state index contributed by atoms with van der Waals surface area (Å²) in [6, 6.07) is 20.7. The second kappa shape index (κ2) is 13.5. The van der Waals surface area contributed by atoms with Crippen LogP contribution >= 0.6 is 23.2 Å². The van der Waals surface area contributed by atoms with Crippen LogP contribution in [0.15, 0.2) is 72.9 Å². The molecular weight excluding hydrogens is 535 g/mol. The highest BCUT2D eigenvalue weighted by atomic mass is 35.5. The minimum Gasteiger partial charge on any atom is -0.383 e. The van der Waals surface area contributed by atoms with Crippen LogP contribution < -0.4 is 5.32 Å². The molecule has 39 heavy (non-hydrogen) atoms. The van der Waals surface area contributed by atoms with E-state index in [0.717, 1.165) is 27.6 Å². The number of hydrogen-bond donors (Lipinski definition) is 2. The number of fused-ring (bicyclic) bond motifs is 1. The smallest absolute Gasteiger partial charge is 0.322 e. The van der Waals surface area contributed by atoms with E-state index in [9.17, 15) is 9.59 Å². The van der Waals surface area contributed by atoms with Gasteiger partial charge >= 0.3 is 6.03 Å². The van der Waals surface area contributed by atoms with Gasteiger partial charge in [0.05, 0.1) is 16.7 Å². The fraction of sp³-hybridized carbons (Fsp3) is 0.267. The molecule has 1 heterocycles. The number of urea groups is 1. The number of halogens is 2. The summed E-state index contributed by atoms with van der Waals surface area (Å²) in [6.45, 7) is 3.40. The van der Waals surface area contributed by atoms with E-state index in [1.165, 1.54) is 4.90 Å². The molecule has 7 nitrogen and oxygen atoms in total. The fourth-order valence-corrected chi connectivity index (χ4v) is 4.59. The summed E-state index contributed by atoms with van der Waals surface area (Å²) >= 11 is 12.1. The molecule has 1 aromatic heterocycles. The van der Waals surface area contributed by atoms with Crippen molar-refractivity contribution in [3.8, 4) is 0 Å². The predicted octanol–water partition coefficient (Wildman–Crippen LogP) is 6.53. The summed E-state index contributed by atoms with van der Waals surface area (Å²) in [6.07, 6.45) is 2.67. The third-order valence-corrected chi connectivity index (χ3v) is 7.26. The van der Waals surface area contributed by atoms with E-state index in [4.69, 9.17) is 27.9 Å². The number of methoxy groups -OCH3 is 1. The molecule has 0 saturated carbocycles. The predicted molar refractivity (Wildman–Crippen MR) is 158 cm³/mol. The van der Waals surface area contributed by atoms with Gasteiger partial charge in [0.15, 0.2) is 0 Å². The first-order valence-corrected chi connectivity index (χ1v) is 13.5. The first-order valence-electron chi connectivity index (χ1n) is 12.7. The number of anilines is 1. The molecule has 0 saturated heterocycles. The molecule has 204 valence electrons. The minimum absolute atomic E-state index is 0.101. The van der Waals surface area contributed by atoms with E-state index in [1.54, 1.807) is 30.2 Å². The summed E-state index contributed by atoms with van der Waals surface area (Å²) in [5.41, 5.74) is 4.87. The number of hydrogen-bond acceptors (Lipinski definition) is 3. The van der Waals surface area contributed by atoms with E-state index in [1.807, 2.05) is 55.6 Å². The van der Waals surface area contributed by atoms with Crippen LogP contribution in [0.3, 0.4) is 0 Å². The molecule has 2 N–H and O–H groups in total. The third kappa shape index (κ3) is 7.76. The molecule has 0 unspecified atom stereocenters. The number of amides is 3. The zero-order valence-electron chi connectivity index (χ0n) is 22.0. The molecule has 4 rings (SSSR count). The normalized spacial score (nSPS) is 11.0. The Morgan fingerprint density at radius 2 is 1.72 bits per heavy atom. The largest absolute Gasteiger partial charge is 0.383 e. The number of aromatic nitrogens is 1. The fourth-order valence-electron chi connectivity index (χ4n) is 4.29. The topological polar surface area (TPSA) is 77.7 Å². The van der Waals surface area contributed by atoms with Crippen LogP contribution in [0.2, 0.25) is 10.0 Å². The zero-order chi connectivity index (χ0) is 27.8. The lowest BCUT2D eigenvalue weighted by molar-refractivity contribution is -0.132. The third-order valence-electron chi connectivity index (χ3n) is 6.52. The van der Waals surface area contributed by atoms with E-state index in [0.29, 0.717) is 35.2 Å². The van der Waals surface area contributed by atoms with Gasteiger partial charge in [0.1, 0.15) is 6.54 Å². The van der Waals surface area contributed by atoms with Crippen LogP contribution in [-0.2, 0) is 22.5 Å². The van der Waals surface area contributed by atoms with Crippen LogP contribution in [0.5, 0.6) is 0 Å². The van der Waals surface area contributed by atoms with Crippen molar-refractivity contribution < 1.29 is 14.3 Å². The highest BCUT2D eigenvalue weighted by molar-refractivity contribution is 6.42. The van der Waals surface area contributed by atoms with Gasteiger partial charge in [0.2, 0.25) is 5.91 Å². The Hall–Kier alpha value is -3.52. The van der Waals surface area contributed by atoms with Crippen molar-refractivity contribution >= 4 is 51.7 Å². The van der Waals surface area contributed by atoms with E-state index < -0.39 is 6.03 Å². The first kappa shape index (κ1) is 28.5. The number of carbonyl (C=O) groups excluding carboxylic acids is 2. The maximum absolute atomic E-state index is 13.7. The second-order valence-electron chi connectivity index (χ2n) is 9.38. The van der Waals surface area contributed by atoms with E-state index in [2.05, 4.69) is 16.4 Å². The van der Waals surface area contributed by atoms with Crippen molar-refractivity contribution in [1.82, 2.24) is 14.8 Å². The average molecular weight is 568 g/mol. The van der Waals surface area contributed by atoms with Gasteiger partial charge < -0.3 is 24.8 Å². The van der Waals surface area contributed by atoms with Crippen molar-refractivity contribution in [2.24, 2.45) is 0 Å². The molecule has 0 radical (unpaired) electrons. The van der Waals surface area contributed by atoms with Crippen LogP contribution in [0.4, 0.5) is 10.5 Å². The Morgan fingerprint density at radius 3 is 2.46 bits per heavy atom. The van der Waals surface area contributed by atoms with Gasteiger partial charge in [0, 0.05) is 49.5 Å². The summed E-state index contributed by atoms with van der Waals surface area (Å²) in [5.74, 6) is -0.157. The van der Waals surface area contributed by atoms with Gasteiger partial charge in [-0.15, -0.1) is 0 Å². The number of aromatic amines is 1. The monoisotopic (exact) mass is 566 g/mol. The SMILES string of the molecule is COCCN(CC(=O)N(CCc1c[nH]c2ccccc12)Cc1ccc(C)cc1)C(=O)Nc1ccc(Cl)c(Cl)c1. The summed E-state index contributed by atoms with van der Waals surface area (Å²) < 4.78 is 5.21. The van der Waals surface area contributed by atoms with Crippen molar-refractivity contribution in [2.75, 3.05) is 38.7 Å². The number of aryl methyl sites for hydroxylation is 1. The molecule has 4 aromatic rings. The van der Waals surface area contributed by atoms with E-state index >= 15 is 0 Å². The lowest BCUT2D eigenvalue weighted by Gasteiger charge is -2.28. The number of ether oxygens (including phenoxy) is 1. The maximum Gasteiger partial charge on any atom is 0.322 e. The van der Waals surface area contributed by atoms with Crippen LogP contribution in [0, 0.1) is 6.92 Å². The lowest BCUT2D eigenvalue weighted by atomic mass is 10.1. The minimum atomic E-state index is -0.425. The van der Waals surface area contributed by atoms with Gasteiger partial charge in [-0.3, -0.25) is 4.79 Å². The number of para-hydroxylation sites is 1. The summed E-state index contributed by atoms with van der Waals surface area (Å²) in [4.78, 5) is 33.4. The first-order chi connectivity index (χ1) is 18.8. The molecule has 0 fully saturated rings. The second-order valence-corrected chi connectivity index (χ2v) is 10.2. The quantitative estimate of drug-likeness (QED) is 0.216. The number of benzene rings is 3. The van der Waals surface area contributed by atoms with Crippen LogP contribution in [0.1, 0.15) is 16.7 Å². The molecule has 0 aliphatic heterocycles. The van der Waals surface area contributed by atoms with Crippen molar-refractivity contribution in [1.29, 1.82) is 0 Å². The number of H-pyrrole nitrogens is 1. The van der Waals surface area contributed by atoms with Crippen LogP contribution in [0.25, 0.3) is 10.9 Å². The molecule has 3 amide bonds. The Balaban J connectivity index is 1.51. The molecule has 0 atom stereocenters. The zero-order valence-corrected chi connectivity index (χ0v) is 23.6. The molecule has 0 spiro atoms. The summed E-state index contributed by atoms with van der Waals surface area (Å²) in [7, 11) is 1.56. The lowest BCUT2D eigenvalue weighted by Crippen LogP contribution is -2.46. The van der Waals surface area contributed by atoms with E-state index in [-0.39, 0.29) is 25.6 Å². The molecule has 0 aliphatic carbocycles. The highest BCUT2D eigenvalue weighted by Gasteiger charge is 2.22. The molecule has 0 aliphatic rings. The Kier molecular flexibility index (Phi) is 9.87. The maximum atomic E-state index is 13.7. The molecule has 0 bridgehead atoms. The number of nitrogens with zero attached hydrogens (tertiary/aromatic N) is 2. The highest BCUT2D eigenvalue weighted by Crippen LogP contribution is 2.25. The Bertz CT molecular complexity index is 1420. The van der Waals surface area contributed by atoms with Crippen molar-refractivity contribution in [3.05, 3.63) is 99.7 Å². The summed E-state index contributed by atoms with van der Waals surface area (Å²) in [5, 5.41) is 4.67. The van der Waals surface area contributed by atoms with Crippen molar-refractivity contribution in [2.45, 2.75) is 19.9 Å². The van der Waals surface area contributed by atoms with Gasteiger partial charge in [-0.05, 0) is 48.7 Å². The Labute approximate surface area is 238 Å². The molecular formula is C30H32Cl2N4O3. The van der Waals surface area contributed by atoms with Gasteiger partial charge in [-0.25, -0.2) is 4.79 Å². The van der Waals surface area contributed by atoms with Gasteiger partial charge in [0.25, 0.3) is 0 Å². The Morgan fingerprint density at radius 1 is 0.949 bits per heavy atom. The van der Waals surface area contributed by atoms with Gasteiger partial charge in [-0.2, -0.15) is 0 Å².